The van der Waals surface area contributed by atoms with Crippen LogP contribution in [0, 0.1) is 16.7 Å². The summed E-state index contributed by atoms with van der Waals surface area (Å²) in [6.45, 7) is 15.5. The number of unbranched alkanes of at least 4 members (excludes halogenated alkanes) is 1. The van der Waals surface area contributed by atoms with Crippen molar-refractivity contribution in [2.75, 3.05) is 0 Å². The van der Waals surface area contributed by atoms with E-state index < -0.39 is 5.66 Å². The fourth-order valence-electron chi connectivity index (χ4n) is 2.18. The number of nitrogens with two attached hydrogens (primary N) is 2. The van der Waals surface area contributed by atoms with Gasteiger partial charge in [0.1, 0.15) is 0 Å². The third-order valence-electron chi connectivity index (χ3n) is 5.18. The summed E-state index contributed by atoms with van der Waals surface area (Å²) >= 11 is 0. The van der Waals surface area contributed by atoms with E-state index in [0.29, 0.717) is 5.92 Å². The minimum atomic E-state index is -0.642. The van der Waals surface area contributed by atoms with Gasteiger partial charge >= 0.3 is 0 Å². The van der Waals surface area contributed by atoms with Crippen molar-refractivity contribution in [3.05, 3.63) is 0 Å². The Hall–Kier alpha value is 0.400. The summed E-state index contributed by atoms with van der Waals surface area (Å²) in [5.41, 5.74) is 11.7. The first-order valence-electron chi connectivity index (χ1n) is 6.56. The molecule has 0 amide bonds. The van der Waals surface area contributed by atoms with Crippen LogP contribution >= 0.6 is 17.0 Å². The molecule has 0 aliphatic rings. The van der Waals surface area contributed by atoms with Crippen molar-refractivity contribution >= 4 is 17.0 Å². The van der Waals surface area contributed by atoms with Gasteiger partial charge in [0, 0.05) is 5.41 Å². The van der Waals surface area contributed by atoms with E-state index in [-0.39, 0.29) is 27.8 Å². The lowest BCUT2D eigenvalue weighted by Gasteiger charge is -2.53. The van der Waals surface area contributed by atoms with Crippen molar-refractivity contribution in [3.8, 4) is 0 Å². The van der Waals surface area contributed by atoms with Crippen molar-refractivity contribution in [1.82, 2.24) is 0 Å². The topological polar surface area (TPSA) is 52.0 Å². The molecule has 0 aromatic heterocycles. The van der Waals surface area contributed by atoms with Crippen LogP contribution in [-0.4, -0.2) is 5.66 Å². The van der Waals surface area contributed by atoms with Gasteiger partial charge in [0.05, 0.1) is 5.66 Å². The first kappa shape index (κ1) is 19.7. The standard InChI is InChI=1S/C14H32N2.BrH/c1-8-9-10-11(2)12(3,4)13(5,6)14(7,15)16;/h11H,8-10,15-16H2,1-7H3;1H. The van der Waals surface area contributed by atoms with Crippen LogP contribution in [0.4, 0.5) is 0 Å². The van der Waals surface area contributed by atoms with Gasteiger partial charge in [0.2, 0.25) is 0 Å². The summed E-state index contributed by atoms with van der Waals surface area (Å²) < 4.78 is 0. The molecule has 0 saturated carbocycles. The Morgan fingerprint density at radius 1 is 1.00 bits per heavy atom. The summed E-state index contributed by atoms with van der Waals surface area (Å²) in [5, 5.41) is 0. The maximum absolute atomic E-state index is 6.14. The molecule has 0 heterocycles. The van der Waals surface area contributed by atoms with Crippen molar-refractivity contribution in [1.29, 1.82) is 0 Å². The van der Waals surface area contributed by atoms with Gasteiger partial charge < -0.3 is 11.5 Å². The SMILES string of the molecule is Br.CCCCC(C)C(C)(C)C(C)(C)C(C)(N)N. The molecule has 4 N–H and O–H groups in total. The normalized spacial score (nSPS) is 15.4. The smallest absolute Gasteiger partial charge is 0.0665 e. The van der Waals surface area contributed by atoms with E-state index in [1.54, 1.807) is 0 Å². The van der Waals surface area contributed by atoms with E-state index in [0.717, 1.165) is 0 Å². The molecule has 0 spiro atoms. The molecule has 0 bridgehead atoms. The molecule has 0 aromatic carbocycles. The van der Waals surface area contributed by atoms with Crippen LogP contribution in [-0.2, 0) is 0 Å². The number of rotatable bonds is 6. The second kappa shape index (κ2) is 6.53. The van der Waals surface area contributed by atoms with Crippen LogP contribution in [0.3, 0.4) is 0 Å². The Kier molecular flexibility index (Phi) is 7.58. The van der Waals surface area contributed by atoms with Gasteiger partial charge in [-0.3, -0.25) is 0 Å². The lowest BCUT2D eigenvalue weighted by molar-refractivity contribution is -0.0172. The Morgan fingerprint density at radius 2 is 1.41 bits per heavy atom. The Morgan fingerprint density at radius 3 is 1.71 bits per heavy atom. The highest BCUT2D eigenvalue weighted by molar-refractivity contribution is 8.93. The summed E-state index contributed by atoms with van der Waals surface area (Å²) in [6, 6.07) is 0. The number of halogens is 1. The van der Waals surface area contributed by atoms with E-state index in [1.807, 2.05) is 6.92 Å². The van der Waals surface area contributed by atoms with Crippen LogP contribution in [0.1, 0.15) is 67.7 Å². The monoisotopic (exact) mass is 308 g/mol. The predicted octanol–water partition coefficient (Wildman–Crippen LogP) is 4.08. The highest BCUT2D eigenvalue weighted by atomic mass is 79.9. The maximum Gasteiger partial charge on any atom is 0.0665 e. The average Bonchev–Trinajstić information content (AvgIpc) is 2.11. The maximum atomic E-state index is 6.14. The van der Waals surface area contributed by atoms with Gasteiger partial charge in [-0.1, -0.05) is 60.8 Å². The molecule has 0 rings (SSSR count). The van der Waals surface area contributed by atoms with E-state index in [1.165, 1.54) is 19.3 Å². The first-order chi connectivity index (χ1) is 6.98. The molecule has 17 heavy (non-hydrogen) atoms. The minimum absolute atomic E-state index is 0. The molecule has 3 heteroatoms. The van der Waals surface area contributed by atoms with Crippen LogP contribution in [0.25, 0.3) is 0 Å². The molecular weight excluding hydrogens is 276 g/mol. The van der Waals surface area contributed by atoms with Gasteiger partial charge in [-0.05, 0) is 18.3 Å². The molecule has 0 aromatic rings. The van der Waals surface area contributed by atoms with E-state index >= 15 is 0 Å². The van der Waals surface area contributed by atoms with Crippen LogP contribution < -0.4 is 11.5 Å². The summed E-state index contributed by atoms with van der Waals surface area (Å²) in [4.78, 5) is 0. The molecule has 106 valence electrons. The van der Waals surface area contributed by atoms with E-state index in [2.05, 4.69) is 41.5 Å². The summed E-state index contributed by atoms with van der Waals surface area (Å²) in [7, 11) is 0. The van der Waals surface area contributed by atoms with Crippen molar-refractivity contribution in [2.45, 2.75) is 73.4 Å². The quantitative estimate of drug-likeness (QED) is 0.726. The van der Waals surface area contributed by atoms with Crippen LogP contribution in [0.2, 0.25) is 0 Å². The number of hydrogen-bond donors (Lipinski definition) is 2. The summed E-state index contributed by atoms with van der Waals surface area (Å²) in [6.07, 6.45) is 3.79. The highest BCUT2D eigenvalue weighted by Crippen LogP contribution is 2.49. The van der Waals surface area contributed by atoms with E-state index in [4.69, 9.17) is 11.5 Å². The van der Waals surface area contributed by atoms with Crippen LogP contribution in [0.5, 0.6) is 0 Å². The highest BCUT2D eigenvalue weighted by Gasteiger charge is 2.48. The first-order valence-corrected chi connectivity index (χ1v) is 6.56. The zero-order valence-corrected chi connectivity index (χ0v) is 14.5. The molecule has 0 saturated heterocycles. The Labute approximate surface area is 119 Å². The Bertz CT molecular complexity index is 217. The molecule has 0 aliphatic heterocycles. The second-order valence-electron chi connectivity index (χ2n) is 6.67. The fourth-order valence-corrected chi connectivity index (χ4v) is 2.18. The molecule has 0 fully saturated rings. The molecule has 1 unspecified atom stereocenters. The minimum Gasteiger partial charge on any atom is -0.313 e. The predicted molar refractivity (Wildman–Crippen MR) is 83.4 cm³/mol. The summed E-state index contributed by atoms with van der Waals surface area (Å²) in [5.74, 6) is 0.633. The van der Waals surface area contributed by atoms with E-state index in [9.17, 15) is 0 Å². The van der Waals surface area contributed by atoms with Gasteiger partial charge in [-0.25, -0.2) is 0 Å². The Balaban J connectivity index is 0. The molecule has 0 radical (unpaired) electrons. The van der Waals surface area contributed by atoms with Gasteiger partial charge in [0.15, 0.2) is 0 Å². The van der Waals surface area contributed by atoms with Crippen molar-refractivity contribution < 1.29 is 0 Å². The lowest BCUT2D eigenvalue weighted by Crippen LogP contribution is -2.64. The number of hydrogen-bond acceptors (Lipinski definition) is 2. The van der Waals surface area contributed by atoms with Crippen LogP contribution in [0.15, 0.2) is 0 Å². The zero-order chi connectivity index (χ0) is 13.2. The van der Waals surface area contributed by atoms with Gasteiger partial charge in [-0.2, -0.15) is 0 Å². The fraction of sp³-hybridized carbons (Fsp3) is 1.00. The second-order valence-corrected chi connectivity index (χ2v) is 6.67. The molecule has 2 nitrogen and oxygen atoms in total. The lowest BCUT2D eigenvalue weighted by atomic mass is 9.56. The van der Waals surface area contributed by atoms with Gasteiger partial charge in [0.25, 0.3) is 0 Å². The molecule has 1 atom stereocenters. The molecule has 0 aliphatic carbocycles. The van der Waals surface area contributed by atoms with Crippen molar-refractivity contribution in [2.24, 2.45) is 28.2 Å². The van der Waals surface area contributed by atoms with Gasteiger partial charge in [-0.15, -0.1) is 17.0 Å². The average molecular weight is 309 g/mol. The molecular formula is C14H33BrN2. The third kappa shape index (κ3) is 4.22. The largest absolute Gasteiger partial charge is 0.313 e. The zero-order valence-electron chi connectivity index (χ0n) is 12.8. The van der Waals surface area contributed by atoms with Crippen molar-refractivity contribution in [3.63, 3.8) is 0 Å². The third-order valence-corrected chi connectivity index (χ3v) is 5.18.